The molecule has 2 atom stereocenters. The molecule has 1 amide bonds. The van der Waals surface area contributed by atoms with Gasteiger partial charge in [0.2, 0.25) is 5.91 Å². The number of aryl methyl sites for hydroxylation is 1. The first-order chi connectivity index (χ1) is 9.74. The number of hydrogen-bond donors (Lipinski definition) is 2. The Labute approximate surface area is 132 Å². The lowest BCUT2D eigenvalue weighted by atomic mass is 9.93. The SMILES string of the molecule is Cl.Cn1ncc2c1CCCC2NC(=O)CCC1CCCN1. The van der Waals surface area contributed by atoms with E-state index in [2.05, 4.69) is 15.7 Å². The summed E-state index contributed by atoms with van der Waals surface area (Å²) in [6, 6.07) is 0.706. The molecule has 2 aliphatic rings. The van der Waals surface area contributed by atoms with Gasteiger partial charge in [-0.25, -0.2) is 0 Å². The molecule has 118 valence electrons. The molecular formula is C15H25ClN4O. The summed E-state index contributed by atoms with van der Waals surface area (Å²) >= 11 is 0. The van der Waals surface area contributed by atoms with E-state index in [9.17, 15) is 4.79 Å². The summed E-state index contributed by atoms with van der Waals surface area (Å²) in [5, 5.41) is 11.0. The fourth-order valence-electron chi connectivity index (χ4n) is 3.43. The zero-order valence-corrected chi connectivity index (χ0v) is 13.4. The predicted molar refractivity (Wildman–Crippen MR) is 84.5 cm³/mol. The van der Waals surface area contributed by atoms with Crippen molar-refractivity contribution in [3.8, 4) is 0 Å². The summed E-state index contributed by atoms with van der Waals surface area (Å²) in [6.07, 6.45) is 9.19. The minimum atomic E-state index is 0. The molecule has 0 saturated carbocycles. The van der Waals surface area contributed by atoms with Crippen LogP contribution in [-0.4, -0.2) is 28.3 Å². The zero-order chi connectivity index (χ0) is 13.9. The van der Waals surface area contributed by atoms with Gasteiger partial charge >= 0.3 is 0 Å². The number of carbonyl (C=O) groups excluding carboxylic acids is 1. The Morgan fingerprint density at radius 2 is 2.33 bits per heavy atom. The largest absolute Gasteiger partial charge is 0.349 e. The van der Waals surface area contributed by atoms with Crippen molar-refractivity contribution in [3.63, 3.8) is 0 Å². The Morgan fingerprint density at radius 3 is 3.10 bits per heavy atom. The van der Waals surface area contributed by atoms with Gasteiger partial charge in [-0.15, -0.1) is 12.4 Å². The van der Waals surface area contributed by atoms with Crippen LogP contribution in [0.1, 0.15) is 55.8 Å². The highest BCUT2D eigenvalue weighted by molar-refractivity contribution is 5.85. The van der Waals surface area contributed by atoms with E-state index >= 15 is 0 Å². The summed E-state index contributed by atoms with van der Waals surface area (Å²) in [5.74, 6) is 0.181. The summed E-state index contributed by atoms with van der Waals surface area (Å²) in [4.78, 5) is 12.1. The molecule has 1 saturated heterocycles. The minimum absolute atomic E-state index is 0. The molecular weight excluding hydrogens is 288 g/mol. The predicted octanol–water partition coefficient (Wildman–Crippen LogP) is 1.87. The fourth-order valence-corrected chi connectivity index (χ4v) is 3.43. The van der Waals surface area contributed by atoms with Gasteiger partial charge in [0.05, 0.1) is 12.2 Å². The number of halogens is 1. The maximum absolute atomic E-state index is 12.1. The second kappa shape index (κ2) is 7.27. The van der Waals surface area contributed by atoms with Crippen molar-refractivity contribution in [1.29, 1.82) is 0 Å². The molecule has 3 rings (SSSR count). The van der Waals surface area contributed by atoms with Crippen molar-refractivity contribution in [2.75, 3.05) is 6.54 Å². The first-order valence-corrected chi connectivity index (χ1v) is 7.77. The van der Waals surface area contributed by atoms with Crippen LogP contribution in [0.2, 0.25) is 0 Å². The van der Waals surface area contributed by atoms with Crippen molar-refractivity contribution in [2.45, 2.75) is 57.0 Å². The minimum Gasteiger partial charge on any atom is -0.349 e. The second-order valence-corrected chi connectivity index (χ2v) is 6.01. The highest BCUT2D eigenvalue weighted by Crippen LogP contribution is 2.29. The number of aromatic nitrogens is 2. The summed E-state index contributed by atoms with van der Waals surface area (Å²) in [6.45, 7) is 1.11. The molecule has 2 heterocycles. The van der Waals surface area contributed by atoms with Crippen LogP contribution in [0, 0.1) is 0 Å². The highest BCUT2D eigenvalue weighted by atomic mass is 35.5. The van der Waals surface area contributed by atoms with Gasteiger partial charge in [-0.05, 0) is 45.1 Å². The highest BCUT2D eigenvalue weighted by Gasteiger charge is 2.25. The Morgan fingerprint density at radius 1 is 1.48 bits per heavy atom. The molecule has 1 aliphatic heterocycles. The molecule has 0 bridgehead atoms. The molecule has 1 aromatic heterocycles. The van der Waals surface area contributed by atoms with E-state index in [1.807, 2.05) is 17.9 Å². The molecule has 0 radical (unpaired) electrons. The third kappa shape index (κ3) is 3.77. The average Bonchev–Trinajstić information content (AvgIpc) is 3.08. The molecule has 0 aromatic carbocycles. The molecule has 1 aliphatic carbocycles. The lowest BCUT2D eigenvalue weighted by Crippen LogP contribution is -2.32. The Balaban J connectivity index is 0.00000161. The molecule has 21 heavy (non-hydrogen) atoms. The van der Waals surface area contributed by atoms with E-state index in [0.717, 1.165) is 32.2 Å². The van der Waals surface area contributed by atoms with Gasteiger partial charge < -0.3 is 10.6 Å². The van der Waals surface area contributed by atoms with Crippen molar-refractivity contribution < 1.29 is 4.79 Å². The molecule has 6 heteroatoms. The maximum atomic E-state index is 12.1. The lowest BCUT2D eigenvalue weighted by molar-refractivity contribution is -0.122. The third-order valence-electron chi connectivity index (χ3n) is 4.59. The molecule has 1 fully saturated rings. The number of hydrogen-bond acceptors (Lipinski definition) is 3. The summed E-state index contributed by atoms with van der Waals surface area (Å²) in [7, 11) is 1.98. The van der Waals surface area contributed by atoms with Crippen LogP contribution < -0.4 is 10.6 Å². The van der Waals surface area contributed by atoms with Crippen molar-refractivity contribution in [2.24, 2.45) is 7.05 Å². The van der Waals surface area contributed by atoms with E-state index in [4.69, 9.17) is 0 Å². The number of fused-ring (bicyclic) bond motifs is 1. The van der Waals surface area contributed by atoms with Crippen LogP contribution in [-0.2, 0) is 18.3 Å². The van der Waals surface area contributed by atoms with Crippen LogP contribution in [0.5, 0.6) is 0 Å². The third-order valence-corrected chi connectivity index (χ3v) is 4.59. The van der Waals surface area contributed by atoms with Crippen molar-refractivity contribution >= 4 is 18.3 Å². The van der Waals surface area contributed by atoms with Gasteiger partial charge in [0.25, 0.3) is 0 Å². The van der Waals surface area contributed by atoms with Crippen LogP contribution in [0.25, 0.3) is 0 Å². The molecule has 2 unspecified atom stereocenters. The number of nitrogens with one attached hydrogen (secondary N) is 2. The number of rotatable bonds is 4. The fraction of sp³-hybridized carbons (Fsp3) is 0.733. The van der Waals surface area contributed by atoms with E-state index in [-0.39, 0.29) is 24.4 Å². The number of nitrogens with zero attached hydrogens (tertiary/aromatic N) is 2. The van der Waals surface area contributed by atoms with E-state index < -0.39 is 0 Å². The van der Waals surface area contributed by atoms with Gasteiger partial charge in [-0.3, -0.25) is 9.48 Å². The van der Waals surface area contributed by atoms with Gasteiger partial charge in [0, 0.05) is 30.8 Å². The topological polar surface area (TPSA) is 59.0 Å². The van der Waals surface area contributed by atoms with E-state index in [1.54, 1.807) is 0 Å². The summed E-state index contributed by atoms with van der Waals surface area (Å²) < 4.78 is 1.94. The lowest BCUT2D eigenvalue weighted by Gasteiger charge is -2.24. The Bertz CT molecular complexity index is 482. The van der Waals surface area contributed by atoms with Gasteiger partial charge in [0.15, 0.2) is 0 Å². The van der Waals surface area contributed by atoms with Crippen LogP contribution >= 0.6 is 12.4 Å². The smallest absolute Gasteiger partial charge is 0.220 e. The normalized spacial score (nSPS) is 24.2. The first kappa shape index (κ1) is 16.3. The monoisotopic (exact) mass is 312 g/mol. The van der Waals surface area contributed by atoms with Crippen LogP contribution in [0.4, 0.5) is 0 Å². The molecule has 1 aromatic rings. The maximum Gasteiger partial charge on any atom is 0.220 e. The Kier molecular flexibility index (Phi) is 5.65. The number of carbonyl (C=O) groups is 1. The van der Waals surface area contributed by atoms with Gasteiger partial charge in [-0.1, -0.05) is 0 Å². The standard InChI is InChI=1S/C15H24N4O.ClH/c1-19-14-6-2-5-13(12(14)10-17-19)18-15(20)8-7-11-4-3-9-16-11;/h10-11,13,16H,2-9H2,1H3,(H,18,20);1H. The average molecular weight is 313 g/mol. The van der Waals surface area contributed by atoms with Crippen molar-refractivity contribution in [1.82, 2.24) is 20.4 Å². The summed E-state index contributed by atoms with van der Waals surface area (Å²) in [5.41, 5.74) is 2.49. The Hall–Kier alpha value is -1.07. The number of amides is 1. The zero-order valence-electron chi connectivity index (χ0n) is 12.6. The first-order valence-electron chi connectivity index (χ1n) is 7.77. The van der Waals surface area contributed by atoms with Gasteiger partial charge in [-0.2, -0.15) is 5.10 Å². The molecule has 2 N–H and O–H groups in total. The second-order valence-electron chi connectivity index (χ2n) is 6.01. The quantitative estimate of drug-likeness (QED) is 0.892. The van der Waals surface area contributed by atoms with Crippen LogP contribution in [0.15, 0.2) is 6.20 Å². The molecule has 5 nitrogen and oxygen atoms in total. The van der Waals surface area contributed by atoms with Crippen molar-refractivity contribution in [3.05, 3.63) is 17.5 Å². The van der Waals surface area contributed by atoms with Gasteiger partial charge in [0.1, 0.15) is 0 Å². The van der Waals surface area contributed by atoms with E-state index in [0.29, 0.717) is 12.5 Å². The van der Waals surface area contributed by atoms with E-state index in [1.165, 1.54) is 24.1 Å². The molecule has 0 spiro atoms. The van der Waals surface area contributed by atoms with Crippen LogP contribution in [0.3, 0.4) is 0 Å².